The number of sulfonamides is 1. The average Bonchev–Trinajstić information content (AvgIpc) is 2.79. The second-order valence-corrected chi connectivity index (χ2v) is 8.82. The molecule has 0 heterocycles. The molecule has 0 atom stereocenters. The largest absolute Gasteiger partial charge is 0.493 e. The van der Waals surface area contributed by atoms with E-state index in [4.69, 9.17) is 4.74 Å². The summed E-state index contributed by atoms with van der Waals surface area (Å²) in [5.74, 6) is -1.12. The normalized spacial score (nSPS) is 11.2. The van der Waals surface area contributed by atoms with Gasteiger partial charge in [0.05, 0.1) is 12.0 Å². The van der Waals surface area contributed by atoms with Gasteiger partial charge in [-0.15, -0.1) is 0 Å². The van der Waals surface area contributed by atoms with Crippen LogP contribution in [0.15, 0.2) is 65.6 Å². The van der Waals surface area contributed by atoms with Gasteiger partial charge in [0.2, 0.25) is 0 Å². The van der Waals surface area contributed by atoms with E-state index in [1.165, 1.54) is 55.6 Å². The minimum Gasteiger partial charge on any atom is -0.493 e. The molecule has 7 nitrogen and oxygen atoms in total. The zero-order valence-electron chi connectivity index (χ0n) is 18.1. The Kier molecular flexibility index (Phi) is 7.67. The molecule has 34 heavy (non-hydrogen) atoms. The fourth-order valence-electron chi connectivity index (χ4n) is 3.04. The summed E-state index contributed by atoms with van der Waals surface area (Å²) in [5, 5.41) is 2.66. The maximum Gasteiger partial charge on any atom is 0.387 e. The Labute approximate surface area is 194 Å². The Balaban J connectivity index is 1.75. The van der Waals surface area contributed by atoms with E-state index in [2.05, 4.69) is 14.8 Å². The van der Waals surface area contributed by atoms with Crippen molar-refractivity contribution in [2.24, 2.45) is 0 Å². The van der Waals surface area contributed by atoms with Gasteiger partial charge in [-0.05, 0) is 66.6 Å². The van der Waals surface area contributed by atoms with E-state index in [0.717, 1.165) is 12.1 Å². The zero-order valence-corrected chi connectivity index (χ0v) is 19.0. The quantitative estimate of drug-likeness (QED) is 0.458. The van der Waals surface area contributed by atoms with Gasteiger partial charge in [-0.3, -0.25) is 9.52 Å². The highest BCUT2D eigenvalue weighted by Crippen LogP contribution is 2.29. The van der Waals surface area contributed by atoms with Crippen LogP contribution in [0.4, 0.5) is 18.9 Å². The van der Waals surface area contributed by atoms with Gasteiger partial charge in [0.25, 0.3) is 15.9 Å². The highest BCUT2D eigenvalue weighted by Gasteiger charge is 2.19. The number of hydrogen-bond donors (Lipinski definition) is 2. The van der Waals surface area contributed by atoms with E-state index in [9.17, 15) is 26.4 Å². The maximum absolute atomic E-state index is 13.1. The highest BCUT2D eigenvalue weighted by molar-refractivity contribution is 7.92. The number of rotatable bonds is 9. The van der Waals surface area contributed by atoms with E-state index in [-0.39, 0.29) is 34.2 Å². The summed E-state index contributed by atoms with van der Waals surface area (Å²) in [7, 11) is -2.74. The minimum atomic E-state index is -4.03. The Morgan fingerprint density at radius 1 is 1.00 bits per heavy atom. The SMILES string of the molecule is COc1cc(CNC(=O)c2cc(S(=O)(=O)Nc3ccc(F)cc3)ccc2C)ccc1OC(F)F. The van der Waals surface area contributed by atoms with E-state index >= 15 is 0 Å². The van der Waals surface area contributed by atoms with Crippen LogP contribution < -0.4 is 19.5 Å². The van der Waals surface area contributed by atoms with Crippen LogP contribution >= 0.6 is 0 Å². The molecule has 0 bridgehead atoms. The molecule has 0 aliphatic rings. The third-order valence-corrected chi connectivity index (χ3v) is 6.14. The molecule has 0 unspecified atom stereocenters. The number of anilines is 1. The lowest BCUT2D eigenvalue weighted by atomic mass is 10.1. The summed E-state index contributed by atoms with van der Waals surface area (Å²) in [6.07, 6.45) is 0. The number of ether oxygens (including phenoxy) is 2. The first-order chi connectivity index (χ1) is 16.1. The monoisotopic (exact) mass is 494 g/mol. The number of carbonyl (C=O) groups excluding carboxylic acids is 1. The molecule has 0 aliphatic heterocycles. The molecule has 1 amide bonds. The standard InChI is InChI=1S/C23H21F3N2O5S/c1-14-3-9-18(34(30,31)28-17-7-5-16(24)6-8-17)12-19(14)22(29)27-13-15-4-10-20(33-23(25)26)21(11-15)32-2/h3-12,23,28H,13H2,1-2H3,(H,27,29). The zero-order chi connectivity index (χ0) is 24.9. The van der Waals surface area contributed by atoms with Crippen LogP contribution in [0.5, 0.6) is 11.5 Å². The minimum absolute atomic E-state index is 0.0222. The average molecular weight is 494 g/mol. The Morgan fingerprint density at radius 2 is 1.71 bits per heavy atom. The van der Waals surface area contributed by atoms with Gasteiger partial charge in [0, 0.05) is 17.8 Å². The molecular formula is C23H21F3N2O5S. The molecule has 0 radical (unpaired) electrons. The van der Waals surface area contributed by atoms with Gasteiger partial charge in [0.15, 0.2) is 11.5 Å². The van der Waals surface area contributed by atoms with Crippen molar-refractivity contribution in [2.45, 2.75) is 25.0 Å². The van der Waals surface area contributed by atoms with Crippen LogP contribution in [-0.4, -0.2) is 28.0 Å². The molecular weight excluding hydrogens is 473 g/mol. The van der Waals surface area contributed by atoms with Gasteiger partial charge in [0.1, 0.15) is 5.82 Å². The van der Waals surface area contributed by atoms with Crippen molar-refractivity contribution in [3.05, 3.63) is 83.2 Å². The third-order valence-electron chi connectivity index (χ3n) is 4.76. The Hall–Kier alpha value is -3.73. The topological polar surface area (TPSA) is 93.7 Å². The molecule has 11 heteroatoms. The lowest BCUT2D eigenvalue weighted by molar-refractivity contribution is -0.0512. The molecule has 3 aromatic carbocycles. The number of aryl methyl sites for hydroxylation is 1. The molecule has 0 saturated heterocycles. The fraction of sp³-hybridized carbons (Fsp3) is 0.174. The molecule has 3 rings (SSSR count). The van der Waals surface area contributed by atoms with Gasteiger partial charge < -0.3 is 14.8 Å². The number of amides is 1. The van der Waals surface area contributed by atoms with Crippen LogP contribution in [0.3, 0.4) is 0 Å². The second kappa shape index (κ2) is 10.5. The van der Waals surface area contributed by atoms with Crippen LogP contribution in [-0.2, 0) is 16.6 Å². The van der Waals surface area contributed by atoms with Crippen molar-refractivity contribution >= 4 is 21.6 Å². The van der Waals surface area contributed by atoms with Gasteiger partial charge in [-0.2, -0.15) is 8.78 Å². The second-order valence-electron chi connectivity index (χ2n) is 7.14. The number of benzene rings is 3. The van der Waals surface area contributed by atoms with Crippen molar-refractivity contribution < 1.29 is 35.9 Å². The van der Waals surface area contributed by atoms with E-state index < -0.39 is 28.4 Å². The Morgan fingerprint density at radius 3 is 2.35 bits per heavy atom. The predicted octanol–water partition coefficient (Wildman–Crippen LogP) is 4.47. The number of alkyl halides is 2. The van der Waals surface area contributed by atoms with Crippen molar-refractivity contribution in [2.75, 3.05) is 11.8 Å². The number of hydrogen-bond acceptors (Lipinski definition) is 5. The van der Waals surface area contributed by atoms with Crippen molar-refractivity contribution in [3.63, 3.8) is 0 Å². The smallest absolute Gasteiger partial charge is 0.387 e. The van der Waals surface area contributed by atoms with E-state index in [0.29, 0.717) is 11.1 Å². The van der Waals surface area contributed by atoms with E-state index in [1.54, 1.807) is 6.92 Å². The lowest BCUT2D eigenvalue weighted by Gasteiger charge is -2.13. The molecule has 0 aliphatic carbocycles. The van der Waals surface area contributed by atoms with Crippen LogP contribution in [0.2, 0.25) is 0 Å². The van der Waals surface area contributed by atoms with Gasteiger partial charge in [-0.1, -0.05) is 12.1 Å². The van der Waals surface area contributed by atoms with Gasteiger partial charge >= 0.3 is 6.61 Å². The first-order valence-corrected chi connectivity index (χ1v) is 11.4. The number of carbonyl (C=O) groups is 1. The summed E-state index contributed by atoms with van der Waals surface area (Å²) in [6, 6.07) is 13.1. The van der Waals surface area contributed by atoms with Crippen molar-refractivity contribution in [3.8, 4) is 11.5 Å². The van der Waals surface area contributed by atoms with E-state index in [1.807, 2.05) is 0 Å². The molecule has 180 valence electrons. The fourth-order valence-corrected chi connectivity index (χ4v) is 4.12. The maximum atomic E-state index is 13.1. The van der Waals surface area contributed by atoms with Gasteiger partial charge in [-0.25, -0.2) is 12.8 Å². The summed E-state index contributed by atoms with van der Waals surface area (Å²) in [5.41, 5.74) is 1.38. The van der Waals surface area contributed by atoms with Crippen molar-refractivity contribution in [1.82, 2.24) is 5.32 Å². The molecule has 0 fully saturated rings. The van der Waals surface area contributed by atoms with Crippen LogP contribution in [0.1, 0.15) is 21.5 Å². The lowest BCUT2D eigenvalue weighted by Crippen LogP contribution is -2.24. The summed E-state index contributed by atoms with van der Waals surface area (Å²) in [4.78, 5) is 12.6. The number of halogens is 3. The van der Waals surface area contributed by atoms with Crippen LogP contribution in [0, 0.1) is 12.7 Å². The molecule has 3 aromatic rings. The van der Waals surface area contributed by atoms with Crippen LogP contribution in [0.25, 0.3) is 0 Å². The van der Waals surface area contributed by atoms with Crippen molar-refractivity contribution in [1.29, 1.82) is 0 Å². The first-order valence-electron chi connectivity index (χ1n) is 9.88. The summed E-state index contributed by atoms with van der Waals surface area (Å²) in [6.45, 7) is -1.34. The summed E-state index contributed by atoms with van der Waals surface area (Å²) >= 11 is 0. The summed E-state index contributed by atoms with van der Waals surface area (Å²) < 4.78 is 75.2. The number of nitrogens with one attached hydrogen (secondary N) is 2. The third kappa shape index (κ3) is 6.19. The number of methoxy groups -OCH3 is 1. The highest BCUT2D eigenvalue weighted by atomic mass is 32.2. The first kappa shape index (κ1) is 24.9. The molecule has 0 saturated carbocycles. The molecule has 0 spiro atoms. The Bertz CT molecular complexity index is 1280. The molecule has 2 N–H and O–H groups in total. The molecule has 0 aromatic heterocycles. The predicted molar refractivity (Wildman–Crippen MR) is 119 cm³/mol.